The van der Waals surface area contributed by atoms with Gasteiger partial charge in [-0.1, -0.05) is 30.3 Å². The number of hydrogen-bond acceptors (Lipinski definition) is 6. The largest absolute Gasteiger partial charge is 0.269 e. The van der Waals surface area contributed by atoms with Crippen molar-refractivity contribution >= 4 is 17.9 Å². The average molecular weight is 319 g/mol. The maximum absolute atomic E-state index is 10.6. The van der Waals surface area contributed by atoms with Gasteiger partial charge in [-0.25, -0.2) is 15.4 Å². The van der Waals surface area contributed by atoms with Crippen LogP contribution >= 0.6 is 0 Å². The molecular weight excluding hydrogens is 306 g/mol. The summed E-state index contributed by atoms with van der Waals surface area (Å²) in [6, 6.07) is 15.9. The number of aromatic nitrogens is 2. The standard InChI is InChI=1S/C17H13N5O2/c23-22(24)16-8-6-13(7-9-16)10-20-21-17-18-11-15(12-19-17)14-4-2-1-3-5-14/h1-12H,(H,18,19,21). The van der Waals surface area contributed by atoms with Gasteiger partial charge in [0.05, 0.1) is 11.1 Å². The van der Waals surface area contributed by atoms with Crippen LogP contribution in [0.4, 0.5) is 11.6 Å². The summed E-state index contributed by atoms with van der Waals surface area (Å²) in [6.45, 7) is 0. The molecule has 0 saturated heterocycles. The van der Waals surface area contributed by atoms with E-state index in [0.29, 0.717) is 5.95 Å². The maximum Gasteiger partial charge on any atom is 0.269 e. The third kappa shape index (κ3) is 3.77. The Labute approximate surface area is 137 Å². The minimum atomic E-state index is -0.443. The molecule has 0 aliphatic carbocycles. The van der Waals surface area contributed by atoms with Gasteiger partial charge in [0.15, 0.2) is 0 Å². The van der Waals surface area contributed by atoms with E-state index in [9.17, 15) is 10.1 Å². The van der Waals surface area contributed by atoms with E-state index in [2.05, 4.69) is 20.5 Å². The quantitative estimate of drug-likeness (QED) is 0.441. The van der Waals surface area contributed by atoms with Gasteiger partial charge >= 0.3 is 0 Å². The molecule has 0 spiro atoms. The van der Waals surface area contributed by atoms with E-state index in [1.165, 1.54) is 18.3 Å². The Morgan fingerprint density at radius 2 is 1.62 bits per heavy atom. The fraction of sp³-hybridized carbons (Fsp3) is 0. The predicted molar refractivity (Wildman–Crippen MR) is 91.8 cm³/mol. The maximum atomic E-state index is 10.6. The second-order valence-electron chi connectivity index (χ2n) is 4.88. The van der Waals surface area contributed by atoms with Crippen LogP contribution in [-0.2, 0) is 0 Å². The molecular formula is C17H13N5O2. The van der Waals surface area contributed by atoms with E-state index in [0.717, 1.165) is 16.7 Å². The van der Waals surface area contributed by atoms with Gasteiger partial charge in [0.2, 0.25) is 5.95 Å². The zero-order valence-electron chi connectivity index (χ0n) is 12.5. The highest BCUT2D eigenvalue weighted by atomic mass is 16.6. The van der Waals surface area contributed by atoms with Crippen LogP contribution in [-0.4, -0.2) is 21.1 Å². The van der Waals surface area contributed by atoms with Crippen molar-refractivity contribution in [3.05, 3.63) is 82.7 Å². The third-order valence-electron chi connectivity index (χ3n) is 3.24. The van der Waals surface area contributed by atoms with Crippen molar-refractivity contribution in [2.75, 3.05) is 5.43 Å². The lowest BCUT2D eigenvalue weighted by atomic mass is 10.1. The van der Waals surface area contributed by atoms with Gasteiger partial charge in [-0.05, 0) is 23.3 Å². The predicted octanol–water partition coefficient (Wildman–Crippen LogP) is 3.50. The molecule has 7 heteroatoms. The van der Waals surface area contributed by atoms with E-state index >= 15 is 0 Å². The van der Waals surface area contributed by atoms with Gasteiger partial charge in [0.25, 0.3) is 5.69 Å². The number of non-ortho nitro benzene ring substituents is 1. The summed E-state index contributed by atoms with van der Waals surface area (Å²) in [4.78, 5) is 18.5. The summed E-state index contributed by atoms with van der Waals surface area (Å²) >= 11 is 0. The SMILES string of the molecule is O=[N+]([O-])c1ccc(C=NNc2ncc(-c3ccccc3)cn2)cc1. The smallest absolute Gasteiger partial charge is 0.258 e. The lowest BCUT2D eigenvalue weighted by Gasteiger charge is -2.02. The fourth-order valence-corrected chi connectivity index (χ4v) is 2.01. The first kappa shape index (κ1) is 15.3. The zero-order chi connectivity index (χ0) is 16.8. The molecule has 1 N–H and O–H groups in total. The minimum absolute atomic E-state index is 0.0416. The molecule has 0 unspecified atom stereocenters. The van der Waals surface area contributed by atoms with Crippen molar-refractivity contribution < 1.29 is 4.92 Å². The van der Waals surface area contributed by atoms with Crippen molar-refractivity contribution in [3.63, 3.8) is 0 Å². The molecule has 118 valence electrons. The molecule has 3 aromatic rings. The summed E-state index contributed by atoms with van der Waals surface area (Å²) < 4.78 is 0. The van der Waals surface area contributed by atoms with Crippen LogP contribution in [0.1, 0.15) is 5.56 Å². The molecule has 24 heavy (non-hydrogen) atoms. The Hall–Kier alpha value is -3.61. The summed E-state index contributed by atoms with van der Waals surface area (Å²) in [5.41, 5.74) is 5.45. The summed E-state index contributed by atoms with van der Waals surface area (Å²) in [5, 5.41) is 14.6. The van der Waals surface area contributed by atoms with Crippen molar-refractivity contribution in [3.8, 4) is 11.1 Å². The number of nitro groups is 1. The Balaban J connectivity index is 1.63. The Morgan fingerprint density at radius 3 is 2.25 bits per heavy atom. The molecule has 3 rings (SSSR count). The van der Waals surface area contributed by atoms with Crippen LogP contribution in [0.15, 0.2) is 72.1 Å². The minimum Gasteiger partial charge on any atom is -0.258 e. The van der Waals surface area contributed by atoms with E-state index in [4.69, 9.17) is 0 Å². The van der Waals surface area contributed by atoms with Crippen molar-refractivity contribution in [2.24, 2.45) is 5.10 Å². The highest BCUT2D eigenvalue weighted by molar-refractivity contribution is 5.80. The third-order valence-corrected chi connectivity index (χ3v) is 3.24. The molecule has 0 fully saturated rings. The summed E-state index contributed by atoms with van der Waals surface area (Å²) in [7, 11) is 0. The molecule has 1 heterocycles. The molecule has 0 aliphatic heterocycles. The normalized spacial score (nSPS) is 10.7. The van der Waals surface area contributed by atoms with Gasteiger partial charge in [-0.15, -0.1) is 0 Å². The first-order chi connectivity index (χ1) is 11.7. The van der Waals surface area contributed by atoms with E-state index in [1.807, 2.05) is 30.3 Å². The van der Waals surface area contributed by atoms with Gasteiger partial charge in [-0.3, -0.25) is 10.1 Å². The molecule has 0 bridgehead atoms. The van der Waals surface area contributed by atoms with Crippen LogP contribution in [0, 0.1) is 10.1 Å². The molecule has 0 radical (unpaired) electrons. The van der Waals surface area contributed by atoms with Crippen molar-refractivity contribution in [1.82, 2.24) is 9.97 Å². The van der Waals surface area contributed by atoms with Crippen LogP contribution in [0.3, 0.4) is 0 Å². The number of benzene rings is 2. The Kier molecular flexibility index (Phi) is 4.52. The second-order valence-corrected chi connectivity index (χ2v) is 4.88. The van der Waals surface area contributed by atoms with Crippen molar-refractivity contribution in [2.45, 2.75) is 0 Å². The first-order valence-electron chi connectivity index (χ1n) is 7.13. The fourth-order valence-electron chi connectivity index (χ4n) is 2.01. The van der Waals surface area contributed by atoms with Crippen molar-refractivity contribution in [1.29, 1.82) is 0 Å². The Morgan fingerprint density at radius 1 is 0.958 bits per heavy atom. The van der Waals surface area contributed by atoms with Crippen LogP contribution in [0.5, 0.6) is 0 Å². The second kappa shape index (κ2) is 7.10. The lowest BCUT2D eigenvalue weighted by Crippen LogP contribution is -1.97. The van der Waals surface area contributed by atoms with E-state index in [1.54, 1.807) is 24.5 Å². The van der Waals surface area contributed by atoms with Crippen LogP contribution < -0.4 is 5.43 Å². The average Bonchev–Trinajstić information content (AvgIpc) is 2.63. The molecule has 1 aromatic heterocycles. The van der Waals surface area contributed by atoms with Gasteiger partial charge in [0.1, 0.15) is 0 Å². The number of anilines is 1. The summed E-state index contributed by atoms with van der Waals surface area (Å²) in [6.07, 6.45) is 4.97. The van der Waals surface area contributed by atoms with E-state index in [-0.39, 0.29) is 5.69 Å². The highest BCUT2D eigenvalue weighted by Gasteiger charge is 2.02. The number of hydrazone groups is 1. The monoisotopic (exact) mass is 319 g/mol. The number of nitrogens with zero attached hydrogens (tertiary/aromatic N) is 4. The molecule has 7 nitrogen and oxygen atoms in total. The Bertz CT molecular complexity index is 846. The molecule has 2 aromatic carbocycles. The number of nitrogens with one attached hydrogen (secondary N) is 1. The molecule has 0 amide bonds. The summed E-state index contributed by atoms with van der Waals surface area (Å²) in [5.74, 6) is 0.368. The first-order valence-corrected chi connectivity index (χ1v) is 7.13. The molecule has 0 aliphatic rings. The number of nitro benzene ring substituents is 1. The number of rotatable bonds is 5. The lowest BCUT2D eigenvalue weighted by molar-refractivity contribution is -0.384. The van der Waals surface area contributed by atoms with Gasteiger partial charge in [-0.2, -0.15) is 5.10 Å². The van der Waals surface area contributed by atoms with Gasteiger partial charge in [0, 0.05) is 30.1 Å². The molecule has 0 atom stereocenters. The van der Waals surface area contributed by atoms with Crippen LogP contribution in [0.25, 0.3) is 11.1 Å². The zero-order valence-corrected chi connectivity index (χ0v) is 12.5. The highest BCUT2D eigenvalue weighted by Crippen LogP contribution is 2.17. The van der Waals surface area contributed by atoms with Crippen LogP contribution in [0.2, 0.25) is 0 Å². The van der Waals surface area contributed by atoms with E-state index < -0.39 is 4.92 Å². The number of hydrogen-bond donors (Lipinski definition) is 1. The molecule has 0 saturated carbocycles. The van der Waals surface area contributed by atoms with Gasteiger partial charge < -0.3 is 0 Å². The topological polar surface area (TPSA) is 93.3 Å².